The Morgan fingerprint density at radius 3 is 2.22 bits per heavy atom. The van der Waals surface area contributed by atoms with Crippen LogP contribution in [0.25, 0.3) is 0 Å². The van der Waals surface area contributed by atoms with Crippen molar-refractivity contribution in [3.05, 3.63) is 12.7 Å². The van der Waals surface area contributed by atoms with Crippen LogP contribution >= 0.6 is 0 Å². The summed E-state index contributed by atoms with van der Waals surface area (Å²) in [6.45, 7) is 7.70. The monoisotopic (exact) mass is 143 g/mol. The van der Waals surface area contributed by atoms with E-state index in [2.05, 4.69) is 19.7 Å². The van der Waals surface area contributed by atoms with Crippen LogP contribution in [0.15, 0.2) is 12.7 Å². The maximum Gasteiger partial charge on any atom is 0.221 e. The molecule has 0 aliphatic heterocycles. The van der Waals surface area contributed by atoms with Gasteiger partial charge in [-0.25, -0.2) is 0 Å². The first-order valence-electron chi connectivity index (χ1n) is 3.01. The molecule has 0 radical (unpaired) electrons. The molecule has 0 aromatic heterocycles. The molecular weight excluding hydrogens is 130 g/mol. The van der Waals surface area contributed by atoms with Crippen LogP contribution in [0, 0.1) is 0 Å². The molecule has 0 bridgehead atoms. The number of hydrogen-bond donors (Lipinski definition) is 1. The third-order valence-corrected chi connectivity index (χ3v) is 3.34. The largest absolute Gasteiger partial charge is 0.369 e. The van der Waals surface area contributed by atoms with Gasteiger partial charge in [-0.2, -0.15) is 0 Å². The van der Waals surface area contributed by atoms with Crippen LogP contribution in [-0.2, 0) is 4.79 Å². The van der Waals surface area contributed by atoms with Crippen molar-refractivity contribution in [2.24, 2.45) is 5.73 Å². The molecular formula is C6H13NOSi. The van der Waals surface area contributed by atoms with E-state index in [0.717, 1.165) is 0 Å². The van der Waals surface area contributed by atoms with Crippen molar-refractivity contribution in [3.63, 3.8) is 0 Å². The van der Waals surface area contributed by atoms with E-state index < -0.39 is 8.80 Å². The van der Waals surface area contributed by atoms with Crippen LogP contribution in [0.5, 0.6) is 0 Å². The van der Waals surface area contributed by atoms with Gasteiger partial charge in [-0.15, -0.1) is 6.58 Å². The zero-order valence-electron chi connectivity index (χ0n) is 5.92. The van der Waals surface area contributed by atoms with Gasteiger partial charge >= 0.3 is 0 Å². The minimum absolute atomic E-state index is 0.0370. The van der Waals surface area contributed by atoms with E-state index in [1.807, 2.05) is 0 Å². The number of carbonyl (C=O) groups is 1. The van der Waals surface area contributed by atoms with Gasteiger partial charge < -0.3 is 5.73 Å². The fraction of sp³-hybridized carbons (Fsp3) is 0.500. The second-order valence-electron chi connectivity index (χ2n) is 2.41. The number of hydrogen-bond acceptors (Lipinski definition) is 1. The van der Waals surface area contributed by atoms with Crippen molar-refractivity contribution in [3.8, 4) is 0 Å². The molecule has 0 heterocycles. The first kappa shape index (κ1) is 8.43. The van der Waals surface area contributed by atoms with Crippen LogP contribution in [0.3, 0.4) is 0 Å². The molecule has 0 spiro atoms. The highest BCUT2D eigenvalue weighted by atomic mass is 28.3. The first-order chi connectivity index (χ1) is 4.09. The Hall–Kier alpha value is -0.573. The smallest absolute Gasteiger partial charge is 0.221 e. The van der Waals surface area contributed by atoms with Gasteiger partial charge in [0.1, 0.15) is 0 Å². The fourth-order valence-corrected chi connectivity index (χ4v) is 1.92. The van der Waals surface area contributed by atoms with Gasteiger partial charge in [0.15, 0.2) is 0 Å². The summed E-state index contributed by atoms with van der Waals surface area (Å²) in [4.78, 5) is 10.6. The van der Waals surface area contributed by atoms with Gasteiger partial charge in [0.2, 0.25) is 5.91 Å². The van der Waals surface area contributed by atoms with Crippen LogP contribution in [0.2, 0.25) is 18.6 Å². The molecule has 2 N–H and O–H groups in total. The molecule has 3 heteroatoms. The van der Waals surface area contributed by atoms with Crippen molar-refractivity contribution in [2.75, 3.05) is 0 Å². The van der Waals surface area contributed by atoms with Gasteiger partial charge in [-0.1, -0.05) is 19.2 Å². The van der Waals surface area contributed by atoms with Crippen LogP contribution in [0.1, 0.15) is 0 Å². The summed E-state index contributed by atoms with van der Waals surface area (Å²) in [5, 5.41) is 0. The molecule has 0 fully saturated rings. The predicted molar refractivity (Wildman–Crippen MR) is 42.0 cm³/mol. The predicted octanol–water partition coefficient (Wildman–Crippen LogP) is 0.515. The zero-order chi connectivity index (χ0) is 7.44. The highest BCUT2D eigenvalue weighted by molar-refractivity contribution is 6.62. The van der Waals surface area contributed by atoms with Crippen molar-refractivity contribution >= 4 is 14.7 Å². The molecule has 1 unspecified atom stereocenters. The molecule has 0 aromatic rings. The van der Waals surface area contributed by atoms with E-state index in [-0.39, 0.29) is 11.4 Å². The molecule has 0 aliphatic rings. The number of carbonyl (C=O) groups excluding carboxylic acids is 1. The Kier molecular flexibility index (Phi) is 3.23. The number of nitrogens with two attached hydrogens (primary N) is 1. The summed E-state index contributed by atoms with van der Waals surface area (Å²) in [5.41, 5.74) is 5.04. The molecule has 1 atom stereocenters. The highest BCUT2D eigenvalue weighted by Crippen LogP contribution is 2.09. The minimum Gasteiger partial charge on any atom is -0.369 e. The van der Waals surface area contributed by atoms with Crippen molar-refractivity contribution in [1.82, 2.24) is 0 Å². The summed E-state index contributed by atoms with van der Waals surface area (Å²) in [6.07, 6.45) is 1.65. The van der Waals surface area contributed by atoms with Crippen LogP contribution in [0.4, 0.5) is 0 Å². The molecule has 0 rings (SSSR count). The number of amides is 1. The lowest BCUT2D eigenvalue weighted by Crippen LogP contribution is -2.25. The van der Waals surface area contributed by atoms with E-state index >= 15 is 0 Å². The van der Waals surface area contributed by atoms with Crippen molar-refractivity contribution in [2.45, 2.75) is 18.6 Å². The normalized spacial score (nSPS) is 13.2. The third-order valence-electron chi connectivity index (χ3n) is 1.30. The van der Waals surface area contributed by atoms with E-state index in [4.69, 9.17) is 5.73 Å². The molecule has 0 aromatic carbocycles. The van der Waals surface area contributed by atoms with Crippen LogP contribution < -0.4 is 5.73 Å². The standard InChI is InChI=1S/C6H13NOSi/c1-4-5(6(7)8)9(2)3/h4-5,9H,1H2,2-3H3,(H2,7,8). The summed E-state index contributed by atoms with van der Waals surface area (Å²) in [6, 6.07) is 0. The second kappa shape index (κ2) is 3.45. The van der Waals surface area contributed by atoms with Gasteiger partial charge in [0.05, 0.1) is 0 Å². The minimum atomic E-state index is -0.936. The Morgan fingerprint density at radius 2 is 2.22 bits per heavy atom. The topological polar surface area (TPSA) is 43.1 Å². The zero-order valence-corrected chi connectivity index (χ0v) is 7.08. The number of primary amides is 1. The summed E-state index contributed by atoms with van der Waals surface area (Å²) < 4.78 is 0. The SMILES string of the molecule is C=CC(C(N)=O)[SiH](C)C. The second-order valence-corrected chi connectivity index (χ2v) is 5.61. The average molecular weight is 143 g/mol. The molecule has 1 amide bonds. The van der Waals surface area contributed by atoms with E-state index in [1.54, 1.807) is 6.08 Å². The Balaban J connectivity index is 3.98. The van der Waals surface area contributed by atoms with Gasteiger partial charge in [0, 0.05) is 14.3 Å². The molecule has 52 valence electrons. The van der Waals surface area contributed by atoms with Gasteiger partial charge in [-0.3, -0.25) is 4.79 Å². The molecule has 0 saturated carbocycles. The maximum atomic E-state index is 10.6. The maximum absolute atomic E-state index is 10.6. The Labute approximate surface area is 57.4 Å². The molecule has 0 saturated heterocycles. The van der Waals surface area contributed by atoms with E-state index in [1.165, 1.54) is 0 Å². The highest BCUT2D eigenvalue weighted by Gasteiger charge is 2.15. The lowest BCUT2D eigenvalue weighted by molar-refractivity contribution is -0.117. The Bertz CT molecular complexity index is 122. The number of rotatable bonds is 3. The van der Waals surface area contributed by atoms with E-state index in [0.29, 0.717) is 0 Å². The summed E-state index contributed by atoms with van der Waals surface area (Å²) in [7, 11) is -0.936. The molecule has 9 heavy (non-hydrogen) atoms. The van der Waals surface area contributed by atoms with Crippen molar-refractivity contribution in [1.29, 1.82) is 0 Å². The lowest BCUT2D eigenvalue weighted by Gasteiger charge is -2.09. The molecule has 2 nitrogen and oxygen atoms in total. The lowest BCUT2D eigenvalue weighted by atomic mass is 10.4. The van der Waals surface area contributed by atoms with Crippen molar-refractivity contribution < 1.29 is 4.79 Å². The Morgan fingerprint density at radius 1 is 1.78 bits per heavy atom. The fourth-order valence-electron chi connectivity index (χ4n) is 0.717. The van der Waals surface area contributed by atoms with Crippen LogP contribution in [-0.4, -0.2) is 14.7 Å². The van der Waals surface area contributed by atoms with Gasteiger partial charge in [0.25, 0.3) is 0 Å². The van der Waals surface area contributed by atoms with Gasteiger partial charge in [-0.05, 0) is 0 Å². The molecule has 0 aliphatic carbocycles. The average Bonchev–Trinajstić information content (AvgIpc) is 1.64. The first-order valence-corrected chi connectivity index (χ1v) is 5.99. The quantitative estimate of drug-likeness (QED) is 0.454. The third kappa shape index (κ3) is 2.46. The summed E-state index contributed by atoms with van der Waals surface area (Å²) in [5.74, 6) is -0.230. The van der Waals surface area contributed by atoms with E-state index in [9.17, 15) is 4.79 Å². The summed E-state index contributed by atoms with van der Waals surface area (Å²) >= 11 is 0.